The third kappa shape index (κ3) is 3.48. The smallest absolute Gasteiger partial charge is 0.274 e. The van der Waals surface area contributed by atoms with Crippen LogP contribution in [-0.4, -0.2) is 31.7 Å². The predicted octanol–water partition coefficient (Wildman–Crippen LogP) is 4.85. The van der Waals surface area contributed by atoms with Gasteiger partial charge in [-0.1, -0.05) is 29.8 Å². The number of oxazole rings is 1. The number of likely N-dealkylation sites (tertiary alicyclic amines) is 1. The van der Waals surface area contributed by atoms with E-state index in [1.165, 1.54) is 0 Å². The number of nitrogens with zero attached hydrogens (tertiary/aromatic N) is 4. The Labute approximate surface area is 179 Å². The van der Waals surface area contributed by atoms with Gasteiger partial charge < -0.3 is 13.7 Å². The summed E-state index contributed by atoms with van der Waals surface area (Å²) in [5.74, 6) is 1.28. The van der Waals surface area contributed by atoms with Crippen molar-refractivity contribution in [3.8, 4) is 0 Å². The predicted molar refractivity (Wildman–Crippen MR) is 114 cm³/mol. The molecule has 1 saturated heterocycles. The summed E-state index contributed by atoms with van der Waals surface area (Å²) < 4.78 is 7.97. The monoisotopic (exact) mass is 420 g/mol. The van der Waals surface area contributed by atoms with E-state index in [1.54, 1.807) is 6.20 Å². The Hall–Kier alpha value is -3.12. The van der Waals surface area contributed by atoms with Gasteiger partial charge in [-0.2, -0.15) is 0 Å². The van der Waals surface area contributed by atoms with Gasteiger partial charge in [-0.25, -0.2) is 9.97 Å². The van der Waals surface area contributed by atoms with Crippen molar-refractivity contribution in [3.63, 3.8) is 0 Å². The zero-order chi connectivity index (χ0) is 20.7. The van der Waals surface area contributed by atoms with Gasteiger partial charge in [-0.05, 0) is 49.6 Å². The standard InChI is InChI=1S/C23H21ClN4O2/c1-15-4-2-6-21-26-19(14-28(15)21)23(29)27-11-3-5-20(27)22-25-13-18(30-22)12-16-7-9-17(24)10-8-16/h2,4,6-10,13-14,20H,3,5,11-12H2,1H3/t20-/m0/s1. The van der Waals surface area contributed by atoms with E-state index < -0.39 is 0 Å². The first-order valence-electron chi connectivity index (χ1n) is 10.0. The fourth-order valence-electron chi connectivity index (χ4n) is 4.03. The number of halogens is 1. The van der Waals surface area contributed by atoms with Crippen molar-refractivity contribution >= 4 is 23.2 Å². The minimum atomic E-state index is -0.164. The number of amides is 1. The van der Waals surface area contributed by atoms with Crippen LogP contribution < -0.4 is 0 Å². The van der Waals surface area contributed by atoms with Gasteiger partial charge >= 0.3 is 0 Å². The topological polar surface area (TPSA) is 63.6 Å². The van der Waals surface area contributed by atoms with Crippen LogP contribution in [0.1, 0.15) is 52.3 Å². The molecule has 0 N–H and O–H groups in total. The summed E-state index contributed by atoms with van der Waals surface area (Å²) in [5.41, 5.74) is 3.36. The maximum absolute atomic E-state index is 13.2. The molecule has 5 rings (SSSR count). The normalized spacial score (nSPS) is 16.5. The lowest BCUT2D eigenvalue weighted by atomic mass is 10.1. The maximum atomic E-state index is 13.2. The molecule has 0 radical (unpaired) electrons. The molecule has 152 valence electrons. The lowest BCUT2D eigenvalue weighted by molar-refractivity contribution is 0.0709. The van der Waals surface area contributed by atoms with E-state index in [0.29, 0.717) is 29.6 Å². The number of imidazole rings is 1. The lowest BCUT2D eigenvalue weighted by Gasteiger charge is -2.21. The second-order valence-corrected chi connectivity index (χ2v) is 8.08. The van der Waals surface area contributed by atoms with Crippen LogP contribution in [0.3, 0.4) is 0 Å². The molecule has 6 nitrogen and oxygen atoms in total. The second-order valence-electron chi connectivity index (χ2n) is 7.65. The molecule has 1 atom stereocenters. The van der Waals surface area contributed by atoms with E-state index in [-0.39, 0.29) is 11.9 Å². The molecule has 0 aliphatic carbocycles. The van der Waals surface area contributed by atoms with Gasteiger partial charge in [0.2, 0.25) is 5.89 Å². The second kappa shape index (κ2) is 7.61. The molecule has 0 unspecified atom stereocenters. The molecular formula is C23H21ClN4O2. The number of fused-ring (bicyclic) bond motifs is 1. The summed E-state index contributed by atoms with van der Waals surface area (Å²) in [7, 11) is 0. The van der Waals surface area contributed by atoms with Gasteiger partial charge in [-0.3, -0.25) is 4.79 Å². The van der Waals surface area contributed by atoms with E-state index in [1.807, 2.05) is 64.9 Å². The molecule has 30 heavy (non-hydrogen) atoms. The number of carbonyl (C=O) groups is 1. The zero-order valence-electron chi connectivity index (χ0n) is 16.6. The van der Waals surface area contributed by atoms with Gasteiger partial charge in [-0.15, -0.1) is 0 Å². The van der Waals surface area contributed by atoms with Crippen LogP contribution in [0.25, 0.3) is 5.65 Å². The highest BCUT2D eigenvalue weighted by molar-refractivity contribution is 6.30. The molecule has 1 fully saturated rings. The van der Waals surface area contributed by atoms with E-state index in [4.69, 9.17) is 16.0 Å². The van der Waals surface area contributed by atoms with Crippen LogP contribution in [0, 0.1) is 6.92 Å². The molecule has 4 heterocycles. The van der Waals surface area contributed by atoms with Crippen LogP contribution in [0.4, 0.5) is 0 Å². The van der Waals surface area contributed by atoms with Gasteiger partial charge in [0, 0.05) is 29.9 Å². The summed E-state index contributed by atoms with van der Waals surface area (Å²) in [5, 5.41) is 0.708. The van der Waals surface area contributed by atoms with E-state index in [9.17, 15) is 4.79 Å². The number of aryl methyl sites for hydroxylation is 1. The SMILES string of the molecule is Cc1cccc2nc(C(=O)N3CCC[C@H]3c3ncc(Cc4ccc(Cl)cc4)o3)cn12. The van der Waals surface area contributed by atoms with Gasteiger partial charge in [0.05, 0.1) is 6.20 Å². The zero-order valence-corrected chi connectivity index (χ0v) is 17.3. The number of rotatable bonds is 4. The third-order valence-corrected chi connectivity index (χ3v) is 5.83. The Morgan fingerprint density at radius 2 is 2.07 bits per heavy atom. The highest BCUT2D eigenvalue weighted by Crippen LogP contribution is 2.33. The van der Waals surface area contributed by atoms with Crippen LogP contribution in [0.5, 0.6) is 0 Å². The molecule has 0 bridgehead atoms. The Morgan fingerprint density at radius 3 is 2.87 bits per heavy atom. The van der Waals surface area contributed by atoms with E-state index in [0.717, 1.165) is 35.5 Å². The van der Waals surface area contributed by atoms with Crippen molar-refractivity contribution < 1.29 is 9.21 Å². The molecular weight excluding hydrogens is 400 g/mol. The Morgan fingerprint density at radius 1 is 1.23 bits per heavy atom. The van der Waals surface area contributed by atoms with Crippen molar-refractivity contribution in [2.45, 2.75) is 32.2 Å². The molecule has 1 amide bonds. The van der Waals surface area contributed by atoms with Crippen molar-refractivity contribution in [1.82, 2.24) is 19.3 Å². The minimum absolute atomic E-state index is 0.0851. The fraction of sp³-hybridized carbons (Fsp3) is 0.261. The van der Waals surface area contributed by atoms with Gasteiger partial charge in [0.25, 0.3) is 5.91 Å². The van der Waals surface area contributed by atoms with Crippen molar-refractivity contribution in [2.75, 3.05) is 6.54 Å². The number of hydrogen-bond acceptors (Lipinski definition) is 4. The Kier molecular flexibility index (Phi) is 4.79. The summed E-state index contributed by atoms with van der Waals surface area (Å²) in [6, 6.07) is 13.4. The fourth-order valence-corrected chi connectivity index (χ4v) is 4.15. The first-order valence-corrected chi connectivity index (χ1v) is 10.4. The summed E-state index contributed by atoms with van der Waals surface area (Å²) in [6.07, 6.45) is 5.94. The molecule has 1 aliphatic rings. The average Bonchev–Trinajstić information content (AvgIpc) is 3.48. The van der Waals surface area contributed by atoms with E-state index >= 15 is 0 Å². The van der Waals surface area contributed by atoms with Crippen LogP contribution in [-0.2, 0) is 6.42 Å². The molecule has 1 aliphatic heterocycles. The molecule has 3 aromatic heterocycles. The van der Waals surface area contributed by atoms with Gasteiger partial charge in [0.1, 0.15) is 23.1 Å². The largest absolute Gasteiger partial charge is 0.443 e. The number of carbonyl (C=O) groups excluding carboxylic acids is 1. The average molecular weight is 421 g/mol. The summed E-state index contributed by atoms with van der Waals surface area (Å²) in [4.78, 5) is 24.0. The van der Waals surface area contributed by atoms with Crippen LogP contribution >= 0.6 is 11.6 Å². The number of aromatic nitrogens is 3. The van der Waals surface area contributed by atoms with Crippen LogP contribution in [0.2, 0.25) is 5.02 Å². The summed E-state index contributed by atoms with van der Waals surface area (Å²) >= 11 is 5.96. The Bertz CT molecular complexity index is 1210. The molecule has 0 saturated carbocycles. The number of hydrogen-bond donors (Lipinski definition) is 0. The molecule has 4 aromatic rings. The molecule has 7 heteroatoms. The lowest BCUT2D eigenvalue weighted by Crippen LogP contribution is -2.31. The van der Waals surface area contributed by atoms with Crippen molar-refractivity contribution in [3.05, 3.63) is 88.5 Å². The third-order valence-electron chi connectivity index (χ3n) is 5.58. The van der Waals surface area contributed by atoms with Crippen molar-refractivity contribution in [2.24, 2.45) is 0 Å². The number of benzene rings is 1. The van der Waals surface area contributed by atoms with Crippen molar-refractivity contribution in [1.29, 1.82) is 0 Å². The Balaban J connectivity index is 1.37. The number of pyridine rings is 1. The van der Waals surface area contributed by atoms with Gasteiger partial charge in [0.15, 0.2) is 0 Å². The minimum Gasteiger partial charge on any atom is -0.443 e. The summed E-state index contributed by atoms with van der Waals surface area (Å²) in [6.45, 7) is 2.67. The quantitative estimate of drug-likeness (QED) is 0.473. The highest BCUT2D eigenvalue weighted by Gasteiger charge is 2.34. The maximum Gasteiger partial charge on any atom is 0.274 e. The van der Waals surface area contributed by atoms with E-state index in [2.05, 4.69) is 9.97 Å². The molecule has 0 spiro atoms. The first-order chi connectivity index (χ1) is 14.6. The molecule has 1 aromatic carbocycles. The van der Waals surface area contributed by atoms with Crippen LogP contribution in [0.15, 0.2) is 59.3 Å². The first kappa shape index (κ1) is 18.9. The highest BCUT2D eigenvalue weighted by atomic mass is 35.5.